The summed E-state index contributed by atoms with van der Waals surface area (Å²) >= 11 is 0. The maximum absolute atomic E-state index is 12.6. The molecule has 0 heterocycles. The van der Waals surface area contributed by atoms with Crippen molar-refractivity contribution in [3.05, 3.63) is 65.7 Å². The van der Waals surface area contributed by atoms with Crippen molar-refractivity contribution in [2.24, 2.45) is 0 Å². The third-order valence-electron chi connectivity index (χ3n) is 4.64. The summed E-state index contributed by atoms with van der Waals surface area (Å²) < 4.78 is 28.0. The first-order chi connectivity index (χ1) is 11.8. The van der Waals surface area contributed by atoms with Gasteiger partial charge in [0.1, 0.15) is 0 Å². The number of hydrogen-bond acceptors (Lipinski definition) is 3. The minimum absolute atomic E-state index is 0.106. The molecule has 1 fully saturated rings. The zero-order valence-corrected chi connectivity index (χ0v) is 15.2. The van der Waals surface area contributed by atoms with E-state index in [1.54, 1.807) is 26.2 Å². The number of carbonyl (C=O) groups is 1. The Bertz CT molecular complexity index is 873. The summed E-state index contributed by atoms with van der Waals surface area (Å²) in [6, 6.07) is 16.1. The number of nitrogens with one attached hydrogen (secondary N) is 1. The normalized spacial score (nSPS) is 15.6. The molecule has 3 rings (SSSR count). The van der Waals surface area contributed by atoms with Crippen LogP contribution in [0.4, 0.5) is 0 Å². The third-order valence-corrected chi connectivity index (χ3v) is 6.04. The van der Waals surface area contributed by atoms with Crippen LogP contribution in [0.1, 0.15) is 28.8 Å². The van der Waals surface area contributed by atoms with Crippen molar-refractivity contribution in [3.63, 3.8) is 0 Å². The van der Waals surface area contributed by atoms with Crippen LogP contribution in [-0.2, 0) is 15.4 Å². The first-order valence-electron chi connectivity index (χ1n) is 8.21. The maximum Gasteiger partial charge on any atom is 0.253 e. The highest BCUT2D eigenvalue weighted by Crippen LogP contribution is 2.47. The Morgan fingerprint density at radius 3 is 2.36 bits per heavy atom. The van der Waals surface area contributed by atoms with E-state index in [1.165, 1.54) is 17.0 Å². The molecule has 0 saturated heterocycles. The van der Waals surface area contributed by atoms with Crippen molar-refractivity contribution in [3.8, 4) is 0 Å². The SMILES string of the molecule is CN(C)C(=O)c1cccc(S(=O)(=O)NCC2(c3ccccc3)CC2)c1. The summed E-state index contributed by atoms with van der Waals surface area (Å²) in [6.45, 7) is 0.366. The lowest BCUT2D eigenvalue weighted by Gasteiger charge is -2.17. The number of sulfonamides is 1. The van der Waals surface area contributed by atoms with Crippen molar-refractivity contribution in [1.82, 2.24) is 9.62 Å². The Morgan fingerprint density at radius 1 is 1.08 bits per heavy atom. The molecule has 0 bridgehead atoms. The van der Waals surface area contributed by atoms with Crippen LogP contribution < -0.4 is 4.72 Å². The van der Waals surface area contributed by atoms with Crippen LogP contribution in [-0.4, -0.2) is 39.9 Å². The van der Waals surface area contributed by atoms with E-state index in [9.17, 15) is 13.2 Å². The molecule has 0 unspecified atom stereocenters. The topological polar surface area (TPSA) is 66.5 Å². The van der Waals surface area contributed by atoms with Crippen LogP contribution in [0.15, 0.2) is 59.5 Å². The van der Waals surface area contributed by atoms with Crippen LogP contribution in [0.3, 0.4) is 0 Å². The van der Waals surface area contributed by atoms with E-state index >= 15 is 0 Å². The van der Waals surface area contributed by atoms with E-state index in [4.69, 9.17) is 0 Å². The summed E-state index contributed by atoms with van der Waals surface area (Å²) in [6.07, 6.45) is 1.94. The third kappa shape index (κ3) is 3.75. The lowest BCUT2D eigenvalue weighted by molar-refractivity contribution is 0.0827. The molecule has 1 amide bonds. The molecule has 25 heavy (non-hydrogen) atoms. The number of carbonyl (C=O) groups excluding carboxylic acids is 1. The van der Waals surface area contributed by atoms with Gasteiger partial charge < -0.3 is 4.90 Å². The fraction of sp³-hybridized carbons (Fsp3) is 0.316. The smallest absolute Gasteiger partial charge is 0.253 e. The van der Waals surface area contributed by atoms with Crippen LogP contribution in [0.2, 0.25) is 0 Å². The predicted octanol–water partition coefficient (Wildman–Crippen LogP) is 2.40. The number of rotatable bonds is 6. The second-order valence-electron chi connectivity index (χ2n) is 6.70. The van der Waals surface area contributed by atoms with E-state index in [2.05, 4.69) is 4.72 Å². The van der Waals surface area contributed by atoms with Crippen LogP contribution in [0, 0.1) is 0 Å². The lowest BCUT2D eigenvalue weighted by atomic mass is 9.96. The summed E-state index contributed by atoms with van der Waals surface area (Å²) in [5.41, 5.74) is 1.41. The van der Waals surface area contributed by atoms with Crippen molar-refractivity contribution in [2.75, 3.05) is 20.6 Å². The maximum atomic E-state index is 12.6. The van der Waals surface area contributed by atoms with Gasteiger partial charge in [0.2, 0.25) is 10.0 Å². The number of nitrogens with zero attached hydrogens (tertiary/aromatic N) is 1. The van der Waals surface area contributed by atoms with Gasteiger partial charge >= 0.3 is 0 Å². The molecule has 0 aliphatic heterocycles. The largest absolute Gasteiger partial charge is 0.345 e. The molecule has 6 heteroatoms. The number of hydrogen-bond donors (Lipinski definition) is 1. The molecule has 1 saturated carbocycles. The minimum atomic E-state index is -3.66. The lowest BCUT2D eigenvalue weighted by Crippen LogP contribution is -2.32. The Hall–Kier alpha value is -2.18. The van der Waals surface area contributed by atoms with Gasteiger partial charge in [-0.1, -0.05) is 36.4 Å². The van der Waals surface area contributed by atoms with Crippen molar-refractivity contribution in [2.45, 2.75) is 23.2 Å². The van der Waals surface area contributed by atoms with E-state index < -0.39 is 10.0 Å². The minimum Gasteiger partial charge on any atom is -0.345 e. The second kappa shape index (κ2) is 6.61. The number of amides is 1. The van der Waals surface area contributed by atoms with E-state index in [0.717, 1.165) is 18.4 Å². The summed E-state index contributed by atoms with van der Waals surface area (Å²) in [5.74, 6) is -0.222. The van der Waals surface area contributed by atoms with Gasteiger partial charge in [-0.2, -0.15) is 0 Å². The fourth-order valence-corrected chi connectivity index (χ4v) is 4.05. The molecule has 0 atom stereocenters. The van der Waals surface area contributed by atoms with E-state index in [-0.39, 0.29) is 16.2 Å². The highest BCUT2D eigenvalue weighted by Gasteiger charge is 2.44. The van der Waals surface area contributed by atoms with Gasteiger partial charge in [-0.15, -0.1) is 0 Å². The van der Waals surface area contributed by atoms with E-state index in [1.807, 2.05) is 30.3 Å². The Kier molecular flexibility index (Phi) is 4.67. The standard InChI is InChI=1S/C19H22N2O3S/c1-21(2)18(22)15-7-6-10-17(13-15)25(23,24)20-14-19(11-12-19)16-8-4-3-5-9-16/h3-10,13,20H,11-12,14H2,1-2H3. The Balaban J connectivity index is 1.77. The molecule has 2 aromatic rings. The molecule has 1 aliphatic carbocycles. The molecule has 132 valence electrons. The van der Waals surface area contributed by atoms with Gasteiger partial charge in [0.05, 0.1) is 4.90 Å². The Morgan fingerprint density at radius 2 is 1.76 bits per heavy atom. The van der Waals surface area contributed by atoms with Crippen LogP contribution >= 0.6 is 0 Å². The molecule has 0 aromatic heterocycles. The summed E-state index contributed by atoms with van der Waals surface area (Å²) in [4.78, 5) is 13.6. The molecule has 0 spiro atoms. The number of benzene rings is 2. The Labute approximate surface area is 148 Å². The van der Waals surface area contributed by atoms with Crippen molar-refractivity contribution < 1.29 is 13.2 Å². The highest BCUT2D eigenvalue weighted by atomic mass is 32.2. The molecular formula is C19H22N2O3S. The molecule has 1 aliphatic rings. The van der Waals surface area contributed by atoms with Crippen LogP contribution in [0.25, 0.3) is 0 Å². The zero-order chi connectivity index (χ0) is 18.1. The van der Waals surface area contributed by atoms with Gasteiger partial charge in [0.25, 0.3) is 5.91 Å². The highest BCUT2D eigenvalue weighted by molar-refractivity contribution is 7.89. The molecule has 1 N–H and O–H groups in total. The predicted molar refractivity (Wildman–Crippen MR) is 97.0 cm³/mol. The second-order valence-corrected chi connectivity index (χ2v) is 8.47. The molecule has 0 radical (unpaired) electrons. The van der Waals surface area contributed by atoms with Gasteiger partial charge in [-0.25, -0.2) is 13.1 Å². The van der Waals surface area contributed by atoms with Crippen molar-refractivity contribution in [1.29, 1.82) is 0 Å². The first kappa shape index (κ1) is 17.6. The van der Waals surface area contributed by atoms with Gasteiger partial charge in [-0.05, 0) is 36.6 Å². The quantitative estimate of drug-likeness (QED) is 0.862. The summed E-state index contributed by atoms with van der Waals surface area (Å²) in [7, 11) is -0.389. The molecule has 5 nitrogen and oxygen atoms in total. The zero-order valence-electron chi connectivity index (χ0n) is 14.4. The fourth-order valence-electron chi connectivity index (χ4n) is 2.88. The van der Waals surface area contributed by atoms with Gasteiger partial charge in [-0.3, -0.25) is 4.79 Å². The average Bonchev–Trinajstić information content (AvgIpc) is 3.41. The first-order valence-corrected chi connectivity index (χ1v) is 9.69. The molecular weight excluding hydrogens is 336 g/mol. The van der Waals surface area contributed by atoms with Crippen LogP contribution in [0.5, 0.6) is 0 Å². The van der Waals surface area contributed by atoms with Gasteiger partial charge in [0, 0.05) is 31.6 Å². The van der Waals surface area contributed by atoms with Gasteiger partial charge in [0.15, 0.2) is 0 Å². The monoisotopic (exact) mass is 358 g/mol. The summed E-state index contributed by atoms with van der Waals surface area (Å²) in [5, 5.41) is 0. The van der Waals surface area contributed by atoms with Crippen molar-refractivity contribution >= 4 is 15.9 Å². The van der Waals surface area contributed by atoms with E-state index in [0.29, 0.717) is 12.1 Å². The average molecular weight is 358 g/mol. The molecule has 2 aromatic carbocycles.